The number of amides is 2. The highest BCUT2D eigenvalue weighted by atomic mass is 79.9. The molecule has 5 N–H and O–H groups in total. The molecule has 0 fully saturated rings. The van der Waals surface area contributed by atoms with Gasteiger partial charge in [0.2, 0.25) is 5.69 Å². The Morgan fingerprint density at radius 1 is 1.26 bits per heavy atom. The van der Waals surface area contributed by atoms with Gasteiger partial charge in [0.05, 0.1) is 11.3 Å². The molecule has 0 saturated heterocycles. The second-order valence-corrected chi connectivity index (χ2v) is 7.56. The maximum absolute atomic E-state index is 13.3. The molecule has 3 aromatic rings. The predicted molar refractivity (Wildman–Crippen MR) is 109 cm³/mol. The van der Waals surface area contributed by atoms with Crippen molar-refractivity contribution in [3.8, 4) is 5.82 Å². The molecule has 31 heavy (non-hydrogen) atoms. The molecule has 162 valence electrons. The Kier molecular flexibility index (Phi) is 6.34. The summed E-state index contributed by atoms with van der Waals surface area (Å²) in [4.78, 5) is 29.1. The Balaban J connectivity index is 2.12. The number of aryl methyl sites for hydroxylation is 1. The number of hydrogen-bond donors (Lipinski definition) is 4. The number of hydrazine groups is 1. The summed E-state index contributed by atoms with van der Waals surface area (Å²) >= 11 is 9.30. The SMILES string of the molecule is Cc1cc(Br)c(NC(=O)c2cc(C(F)(F)F)[nH][n+]2-c2ncccc2Cl)c(C(=O)NN)c1. The van der Waals surface area contributed by atoms with Gasteiger partial charge in [-0.2, -0.15) is 13.2 Å². The monoisotopic (exact) mass is 517 g/mol. The number of halogens is 5. The van der Waals surface area contributed by atoms with Crippen LogP contribution in [0.4, 0.5) is 18.9 Å². The van der Waals surface area contributed by atoms with Gasteiger partial charge >= 0.3 is 12.0 Å². The van der Waals surface area contributed by atoms with Gasteiger partial charge in [0.15, 0.2) is 5.69 Å². The van der Waals surface area contributed by atoms with E-state index in [1.165, 1.54) is 24.4 Å². The molecule has 0 aliphatic carbocycles. The number of rotatable bonds is 4. The highest BCUT2D eigenvalue weighted by Gasteiger charge is 2.38. The Morgan fingerprint density at radius 3 is 2.58 bits per heavy atom. The van der Waals surface area contributed by atoms with E-state index in [1.54, 1.807) is 13.0 Å². The molecule has 0 spiro atoms. The maximum atomic E-state index is 13.3. The van der Waals surface area contributed by atoms with Crippen LogP contribution in [0.15, 0.2) is 41.0 Å². The number of carbonyl (C=O) groups is 2. The molecule has 0 saturated carbocycles. The molecule has 0 bridgehead atoms. The van der Waals surface area contributed by atoms with Gasteiger partial charge < -0.3 is 5.32 Å². The smallest absolute Gasteiger partial charge is 0.317 e. The van der Waals surface area contributed by atoms with E-state index in [0.29, 0.717) is 16.1 Å². The van der Waals surface area contributed by atoms with Crippen LogP contribution >= 0.6 is 27.5 Å². The number of nitrogens with one attached hydrogen (secondary N) is 3. The second-order valence-electron chi connectivity index (χ2n) is 6.29. The van der Waals surface area contributed by atoms with Crippen LogP contribution < -0.4 is 21.3 Å². The zero-order valence-corrected chi connectivity index (χ0v) is 18.0. The third-order valence-electron chi connectivity index (χ3n) is 4.09. The minimum absolute atomic E-state index is 0.0109. The molecular weight excluding hydrogens is 505 g/mol. The zero-order chi connectivity index (χ0) is 22.9. The number of anilines is 1. The zero-order valence-electron chi connectivity index (χ0n) is 15.6. The van der Waals surface area contributed by atoms with E-state index in [4.69, 9.17) is 17.4 Å². The van der Waals surface area contributed by atoms with Gasteiger partial charge in [0, 0.05) is 10.5 Å². The van der Waals surface area contributed by atoms with E-state index in [2.05, 4.69) is 31.3 Å². The van der Waals surface area contributed by atoms with Crippen LogP contribution in [0.25, 0.3) is 5.82 Å². The minimum atomic E-state index is -4.77. The predicted octanol–water partition coefficient (Wildman–Crippen LogP) is 3.29. The van der Waals surface area contributed by atoms with Crippen LogP contribution in [0.2, 0.25) is 5.02 Å². The summed E-state index contributed by atoms with van der Waals surface area (Å²) < 4.78 is 41.1. The third-order valence-corrected chi connectivity index (χ3v) is 5.01. The molecule has 2 heterocycles. The quantitative estimate of drug-likeness (QED) is 0.184. The average molecular weight is 519 g/mol. The van der Waals surface area contributed by atoms with Gasteiger partial charge in [0.1, 0.15) is 11.2 Å². The van der Waals surface area contributed by atoms with Crippen LogP contribution in [0, 0.1) is 6.92 Å². The van der Waals surface area contributed by atoms with Crippen molar-refractivity contribution in [3.05, 3.63) is 68.5 Å². The molecule has 13 heteroatoms. The molecule has 8 nitrogen and oxygen atoms in total. The standard InChI is InChI=1S/C18H13BrClF3N6O2/c1-8-5-9(16(30)27-24)14(10(19)6-8)26-17(31)12-7-13(18(21,22)23)28-29(12)15-11(20)3-2-4-25-15/h2-7H,1H3,(H4,24,26,27,28,30,31)/p+1. The van der Waals surface area contributed by atoms with Crippen molar-refractivity contribution in [2.24, 2.45) is 5.84 Å². The van der Waals surface area contributed by atoms with Crippen molar-refractivity contribution >= 4 is 45.0 Å². The van der Waals surface area contributed by atoms with Crippen LogP contribution in [-0.4, -0.2) is 21.9 Å². The van der Waals surface area contributed by atoms with Gasteiger partial charge in [-0.3, -0.25) is 15.0 Å². The minimum Gasteiger partial charge on any atom is -0.317 e. The fraction of sp³-hybridized carbons (Fsp3) is 0.111. The Labute approximate surface area is 186 Å². The molecule has 0 atom stereocenters. The van der Waals surface area contributed by atoms with Crippen LogP contribution in [0.1, 0.15) is 32.1 Å². The number of carbonyl (C=O) groups excluding carboxylic acids is 2. The number of aromatic amines is 1. The van der Waals surface area contributed by atoms with E-state index < -0.39 is 29.4 Å². The number of alkyl halides is 3. The molecular formula is C18H14BrClF3N6O2+. The first-order chi connectivity index (χ1) is 14.5. The van der Waals surface area contributed by atoms with E-state index >= 15 is 0 Å². The number of hydrogen-bond acceptors (Lipinski definition) is 4. The van der Waals surface area contributed by atoms with Crippen molar-refractivity contribution in [3.63, 3.8) is 0 Å². The number of benzene rings is 1. The number of H-pyrrole nitrogens is 1. The average Bonchev–Trinajstić information content (AvgIpc) is 3.15. The van der Waals surface area contributed by atoms with Crippen molar-refractivity contribution < 1.29 is 27.4 Å². The number of pyridine rings is 1. The van der Waals surface area contributed by atoms with E-state index in [1.807, 2.05) is 5.43 Å². The molecule has 3 rings (SSSR count). The van der Waals surface area contributed by atoms with Crippen LogP contribution in [-0.2, 0) is 6.18 Å². The fourth-order valence-corrected chi connectivity index (χ4v) is 3.62. The number of nitrogen functional groups attached to an aromatic ring is 1. The molecule has 0 unspecified atom stereocenters. The molecule has 2 aromatic heterocycles. The number of aromatic nitrogens is 3. The van der Waals surface area contributed by atoms with Crippen molar-refractivity contribution in [1.29, 1.82) is 0 Å². The lowest BCUT2D eigenvalue weighted by atomic mass is 10.1. The van der Waals surface area contributed by atoms with Crippen molar-refractivity contribution in [2.75, 3.05) is 5.32 Å². The molecule has 0 aliphatic rings. The molecule has 0 aliphatic heterocycles. The molecule has 1 aromatic carbocycles. The first-order valence-corrected chi connectivity index (χ1v) is 9.65. The van der Waals surface area contributed by atoms with Gasteiger partial charge in [-0.15, -0.1) is 4.68 Å². The summed E-state index contributed by atoms with van der Waals surface area (Å²) in [6.45, 7) is 1.71. The first-order valence-electron chi connectivity index (χ1n) is 8.48. The van der Waals surface area contributed by atoms with Crippen LogP contribution in [0.3, 0.4) is 0 Å². The third kappa shape index (κ3) is 4.70. The van der Waals surface area contributed by atoms with Gasteiger partial charge in [-0.05, 0) is 57.7 Å². The Bertz CT molecular complexity index is 1180. The highest BCUT2D eigenvalue weighted by molar-refractivity contribution is 9.10. The summed E-state index contributed by atoms with van der Waals surface area (Å²) in [5.41, 5.74) is 1.03. The Morgan fingerprint density at radius 2 is 1.97 bits per heavy atom. The van der Waals surface area contributed by atoms with Gasteiger partial charge in [-0.1, -0.05) is 11.6 Å². The van der Waals surface area contributed by atoms with Crippen LogP contribution in [0.5, 0.6) is 0 Å². The molecule has 2 amide bonds. The maximum Gasteiger partial charge on any atom is 0.434 e. The topological polar surface area (TPSA) is 117 Å². The summed E-state index contributed by atoms with van der Waals surface area (Å²) in [5.74, 6) is 3.42. The molecule has 0 radical (unpaired) electrons. The van der Waals surface area contributed by atoms with E-state index in [0.717, 1.165) is 4.68 Å². The highest BCUT2D eigenvalue weighted by Crippen LogP contribution is 2.31. The summed E-state index contributed by atoms with van der Waals surface area (Å²) in [6.07, 6.45) is -3.46. The first kappa shape index (κ1) is 22.7. The lowest BCUT2D eigenvalue weighted by Crippen LogP contribution is -2.42. The summed E-state index contributed by atoms with van der Waals surface area (Å²) in [5, 5.41) is 4.55. The van der Waals surface area contributed by atoms with E-state index in [-0.39, 0.29) is 22.1 Å². The normalized spacial score (nSPS) is 11.3. The number of nitrogens with two attached hydrogens (primary N) is 1. The van der Waals surface area contributed by atoms with Gasteiger partial charge in [0.25, 0.3) is 11.8 Å². The summed E-state index contributed by atoms with van der Waals surface area (Å²) in [7, 11) is 0. The van der Waals surface area contributed by atoms with Gasteiger partial charge in [-0.25, -0.2) is 10.9 Å². The largest absolute Gasteiger partial charge is 0.434 e. The fourth-order valence-electron chi connectivity index (χ4n) is 2.74. The lowest BCUT2D eigenvalue weighted by Gasteiger charge is -2.13. The van der Waals surface area contributed by atoms with Crippen molar-refractivity contribution in [1.82, 2.24) is 15.5 Å². The van der Waals surface area contributed by atoms with E-state index in [9.17, 15) is 22.8 Å². The Hall–Kier alpha value is -2.96. The lowest BCUT2D eigenvalue weighted by molar-refractivity contribution is -0.661. The summed E-state index contributed by atoms with van der Waals surface area (Å²) in [6, 6.07) is 6.59. The second kappa shape index (κ2) is 8.65. The van der Waals surface area contributed by atoms with Crippen molar-refractivity contribution in [2.45, 2.75) is 13.1 Å². The number of nitrogens with zero attached hydrogens (tertiary/aromatic N) is 2.